The summed E-state index contributed by atoms with van der Waals surface area (Å²) in [6.07, 6.45) is 8.27. The molecule has 0 saturated carbocycles. The van der Waals surface area contributed by atoms with Gasteiger partial charge in [-0.05, 0) is 103 Å². The molecule has 0 unspecified atom stereocenters. The first kappa shape index (κ1) is 82.3. The topological polar surface area (TPSA) is 446 Å². The number of hydrogen-bond acceptors (Lipinski definition) is 26. The Hall–Kier alpha value is -14.8. The Bertz CT molecular complexity index is 6280. The molecule has 34 nitrogen and oxygen atoms in total. The number of nitrogens with two attached hydrogens (primary N) is 3. The van der Waals surface area contributed by atoms with Gasteiger partial charge < -0.3 is 66.0 Å². The van der Waals surface area contributed by atoms with Gasteiger partial charge in [0.15, 0.2) is 16.9 Å². The lowest BCUT2D eigenvalue weighted by Crippen LogP contribution is -2.41. The summed E-state index contributed by atoms with van der Waals surface area (Å²) in [6.45, 7) is 22.9. The van der Waals surface area contributed by atoms with Gasteiger partial charge in [0.25, 0.3) is 5.91 Å². The fourth-order valence-corrected chi connectivity index (χ4v) is 13.6. The summed E-state index contributed by atoms with van der Waals surface area (Å²) in [5.74, 6) is 2.62. The van der Waals surface area contributed by atoms with Gasteiger partial charge in [0.2, 0.25) is 23.6 Å². The number of rotatable bonds is 18. The number of nitrogens with zero attached hydrogens (tertiary/aromatic N) is 18. The molecule has 0 bridgehead atoms. The third-order valence-corrected chi connectivity index (χ3v) is 20.2. The van der Waals surface area contributed by atoms with E-state index < -0.39 is 0 Å². The quantitative estimate of drug-likeness (QED) is 0.0464. The van der Waals surface area contributed by atoms with E-state index in [0.717, 1.165) is 56.6 Å². The van der Waals surface area contributed by atoms with Crippen LogP contribution in [0.25, 0.3) is 83.9 Å². The van der Waals surface area contributed by atoms with Crippen molar-refractivity contribution >= 4 is 97.2 Å². The molecule has 0 atom stereocenters. The number of benzene rings is 5. The van der Waals surface area contributed by atoms with Crippen molar-refractivity contribution in [2.75, 3.05) is 85.8 Å². The molecule has 2 fully saturated rings. The predicted molar refractivity (Wildman–Crippen MR) is 458 cm³/mol. The molecule has 17 rings (SSSR count). The third-order valence-electron chi connectivity index (χ3n) is 20.2. The molecular weight excluding hydrogens is 1550 g/mol. The molecule has 0 aliphatic carbocycles. The third kappa shape index (κ3) is 18.8. The van der Waals surface area contributed by atoms with Gasteiger partial charge in [-0.1, -0.05) is 114 Å². The maximum absolute atomic E-state index is 12.9. The second-order valence-electron chi connectivity index (χ2n) is 32.4. The summed E-state index contributed by atoms with van der Waals surface area (Å²) in [4.78, 5) is 97.1. The molecule has 2 aliphatic heterocycles. The van der Waals surface area contributed by atoms with E-state index in [1.807, 2.05) is 170 Å². The lowest BCUT2D eigenvalue weighted by Gasteiger charge is -2.26. The molecule has 0 radical (unpaired) electrons. The maximum atomic E-state index is 12.9. The van der Waals surface area contributed by atoms with Crippen LogP contribution in [0.4, 0.5) is 34.5 Å². The normalized spacial score (nSPS) is 13.2. The van der Waals surface area contributed by atoms with Crippen molar-refractivity contribution in [3.8, 4) is 50.8 Å². The number of morpholine rings is 2. The average molecular weight is 1640 g/mol. The van der Waals surface area contributed by atoms with Crippen molar-refractivity contribution in [3.63, 3.8) is 0 Å². The molecule has 12 heterocycles. The van der Waals surface area contributed by atoms with Crippen LogP contribution in [0.15, 0.2) is 197 Å². The number of aromatic nitrogens is 16. The number of carbonyl (C=O) groups excluding carboxylic acids is 5. The molecule has 34 heteroatoms. The van der Waals surface area contributed by atoms with E-state index in [2.05, 4.69) is 66.3 Å². The standard InChI is InChI=1S/C32H34N8O4.C31H32N8O4.C25H24N8O2/c1-32(2,3)25-17-23(38-44-25)18-26(41)36-22-8-10-24(11-9-22)40-31-28(30(33)34-19-35-31)29(37-40)21-6-4-20(5-7-21)16-27(42)39-12-14-43-15-13-39;1-31(2,3)24-16-22(37-43-24)17-25(40)35-21-8-10-23(11-9-21)39-29-26(28(32)33-18-34-29)27(36-39)19-4-6-20(7-5-19)30(41)38-12-14-42-15-13-38;1-25(2,3)19-11-17(32-35-19)12-20(34)30-16-6-8-18(9-7-16)33-24-21(23(26)28-14-29-24)22(31-33)15-5-4-10-27-13-15/h4-11,17,19H,12-16,18H2,1-3H3,(H,36,41)(H2,33,34,35);4-11,16,18H,12-15,17H2,1-3H3,(H,35,40)(H2,32,33,34);4-11,13-14H,12H2,1-3H3,(H,30,34)(H2,26,28,29). The van der Waals surface area contributed by atoms with E-state index in [0.29, 0.717) is 166 Å². The van der Waals surface area contributed by atoms with E-state index >= 15 is 0 Å². The number of carbonyl (C=O) groups is 5. The summed E-state index contributed by atoms with van der Waals surface area (Å²) in [5.41, 5.74) is 31.5. The van der Waals surface area contributed by atoms with Crippen molar-refractivity contribution < 1.29 is 47.0 Å². The molecule has 9 N–H and O–H groups in total. The molecule has 10 aromatic heterocycles. The molecule has 622 valence electrons. The van der Waals surface area contributed by atoms with Crippen LogP contribution < -0.4 is 33.2 Å². The second kappa shape index (κ2) is 35.0. The van der Waals surface area contributed by atoms with Crippen molar-refractivity contribution in [2.24, 2.45) is 0 Å². The molecule has 122 heavy (non-hydrogen) atoms. The zero-order valence-corrected chi connectivity index (χ0v) is 68.7. The Balaban J connectivity index is 0.000000143. The summed E-state index contributed by atoms with van der Waals surface area (Å²) in [5, 5.41) is 37.1. The lowest BCUT2D eigenvalue weighted by molar-refractivity contribution is -0.134. The number of ether oxygens (including phenoxy) is 2. The van der Waals surface area contributed by atoms with Crippen LogP contribution in [0.5, 0.6) is 0 Å². The Morgan fingerprint density at radius 1 is 0.402 bits per heavy atom. The first-order valence-corrected chi connectivity index (χ1v) is 39.5. The zero-order chi connectivity index (χ0) is 85.6. The van der Waals surface area contributed by atoms with E-state index in [9.17, 15) is 24.0 Å². The molecule has 5 aromatic carbocycles. The van der Waals surface area contributed by atoms with Crippen LogP contribution in [0, 0.1) is 0 Å². The van der Waals surface area contributed by atoms with Crippen molar-refractivity contribution in [2.45, 2.75) is 104 Å². The molecule has 0 spiro atoms. The Labute approximate surface area is 699 Å². The maximum Gasteiger partial charge on any atom is 0.254 e. The first-order valence-electron chi connectivity index (χ1n) is 39.5. The molecule has 2 aliphatic rings. The van der Waals surface area contributed by atoms with E-state index in [-0.39, 0.29) is 65.0 Å². The Morgan fingerprint density at radius 2 is 0.746 bits per heavy atom. The van der Waals surface area contributed by atoms with E-state index in [1.54, 1.807) is 79.9 Å². The van der Waals surface area contributed by atoms with Gasteiger partial charge in [0.1, 0.15) is 70.8 Å². The van der Waals surface area contributed by atoms with Crippen LogP contribution in [-0.2, 0) is 70.6 Å². The largest absolute Gasteiger partial charge is 0.383 e. The SMILES string of the molecule is CC(C)(C)c1cc(CC(=O)Nc2ccc(-n3nc(-c4ccc(C(=O)N5CCOCC5)cc4)c4c(N)ncnc43)cc2)no1.CC(C)(C)c1cc(CC(=O)Nc2ccc(-n3nc(-c4ccc(CC(=O)N5CCOCC5)cc4)c4c(N)ncnc43)cc2)no1.CC(C)(C)c1cc(CC(=O)Nc2ccc(-n3nc(-c4cccnc4)c4c(N)ncnc43)cc2)no1. The molecular formula is C88H90N24O10. The summed E-state index contributed by atoms with van der Waals surface area (Å²) >= 11 is 0. The van der Waals surface area contributed by atoms with Crippen LogP contribution in [0.2, 0.25) is 0 Å². The van der Waals surface area contributed by atoms with Gasteiger partial charge in [-0.3, -0.25) is 29.0 Å². The lowest BCUT2D eigenvalue weighted by atomic mass is 9.93. The van der Waals surface area contributed by atoms with Gasteiger partial charge in [-0.2, -0.15) is 15.3 Å². The summed E-state index contributed by atoms with van der Waals surface area (Å²) in [6, 6.07) is 46.0. The van der Waals surface area contributed by atoms with E-state index in [4.69, 9.17) is 55.5 Å². The number of fused-ring (bicyclic) bond motifs is 3. The monoisotopic (exact) mass is 1640 g/mol. The van der Waals surface area contributed by atoms with Gasteiger partial charge in [0, 0.05) is 112 Å². The van der Waals surface area contributed by atoms with Crippen LogP contribution >= 0.6 is 0 Å². The minimum atomic E-state index is -0.204. The minimum Gasteiger partial charge on any atom is -0.383 e. The van der Waals surface area contributed by atoms with E-state index in [1.165, 1.54) is 19.0 Å². The molecule has 15 aromatic rings. The van der Waals surface area contributed by atoms with Crippen molar-refractivity contribution in [3.05, 3.63) is 229 Å². The number of nitrogen functional groups attached to an aromatic ring is 3. The summed E-state index contributed by atoms with van der Waals surface area (Å²) < 4.78 is 31.9. The summed E-state index contributed by atoms with van der Waals surface area (Å²) in [7, 11) is 0. The number of hydrogen-bond donors (Lipinski definition) is 6. The molecule has 5 amide bonds. The predicted octanol–water partition coefficient (Wildman–Crippen LogP) is 11.9. The Kier molecular flexibility index (Phi) is 23.6. The highest BCUT2D eigenvalue weighted by Gasteiger charge is 2.28. The highest BCUT2D eigenvalue weighted by atomic mass is 16.5. The Morgan fingerprint density at radius 3 is 1.08 bits per heavy atom. The highest BCUT2D eigenvalue weighted by Crippen LogP contribution is 2.37. The van der Waals surface area contributed by atoms with Crippen LogP contribution in [0.1, 0.15) is 113 Å². The average Bonchev–Trinajstić information content (AvgIpc) is 1.61. The number of pyridine rings is 1. The van der Waals surface area contributed by atoms with Gasteiger partial charge in [-0.15, -0.1) is 0 Å². The zero-order valence-electron chi connectivity index (χ0n) is 68.7. The number of anilines is 6. The fourth-order valence-electron chi connectivity index (χ4n) is 13.6. The van der Waals surface area contributed by atoms with Crippen molar-refractivity contribution in [1.82, 2.24) is 89.5 Å². The fraction of sp³-hybridized carbons (Fsp3) is 0.273. The van der Waals surface area contributed by atoms with Crippen LogP contribution in [0.3, 0.4) is 0 Å². The smallest absolute Gasteiger partial charge is 0.254 e. The van der Waals surface area contributed by atoms with Gasteiger partial charge >= 0.3 is 0 Å². The first-order chi connectivity index (χ1) is 58.6. The minimum absolute atomic E-state index is 0.0315. The number of amides is 5. The number of nitrogens with one attached hydrogen (secondary N) is 3. The second-order valence-corrected chi connectivity index (χ2v) is 32.4. The van der Waals surface area contributed by atoms with Crippen LogP contribution in [-0.4, -0.2) is 172 Å². The van der Waals surface area contributed by atoms with Gasteiger partial charge in [0.05, 0.1) is 102 Å². The van der Waals surface area contributed by atoms with Crippen molar-refractivity contribution in [1.29, 1.82) is 0 Å². The molecule has 2 saturated heterocycles. The van der Waals surface area contributed by atoms with Gasteiger partial charge in [-0.25, -0.2) is 43.9 Å². The highest BCUT2D eigenvalue weighted by molar-refractivity contribution is 6.02.